The molecule has 1 saturated heterocycles. The van der Waals surface area contributed by atoms with E-state index in [1.165, 1.54) is 13.0 Å². The molecule has 1 aliphatic heterocycles. The number of fused-ring (bicyclic) bond motifs is 1. The molecule has 7 nitrogen and oxygen atoms in total. The minimum Gasteiger partial charge on any atom is -0.461 e. The Labute approximate surface area is 170 Å². The summed E-state index contributed by atoms with van der Waals surface area (Å²) in [5.41, 5.74) is 2.17. The lowest BCUT2D eigenvalue weighted by molar-refractivity contribution is -0.149. The first kappa shape index (κ1) is 22.6. The standard InChI is InChI=1S/C22H28O7/c1-5-17(12-27-15(4)24)22(26)29-19-10-16(11-23)8-6-7-13(2)9-18-20(19)14(3)21(25)28-18/h5,8-9,18-20,23H,3,6-7,10-12H2,1-2,4H3/b13-9-,16-8+,17-5+/t18-,19-,20+/m1/s1. The molecule has 1 aliphatic carbocycles. The fraction of sp³-hybridized carbons (Fsp3) is 0.500. The zero-order valence-electron chi connectivity index (χ0n) is 17.1. The number of ether oxygens (including phenoxy) is 3. The Morgan fingerprint density at radius 2 is 2.14 bits per heavy atom. The Morgan fingerprint density at radius 1 is 1.41 bits per heavy atom. The predicted molar refractivity (Wildman–Crippen MR) is 106 cm³/mol. The monoisotopic (exact) mass is 404 g/mol. The Balaban J connectivity index is 2.33. The smallest absolute Gasteiger partial charge is 0.337 e. The van der Waals surface area contributed by atoms with E-state index in [2.05, 4.69) is 6.58 Å². The minimum absolute atomic E-state index is 0.181. The summed E-state index contributed by atoms with van der Waals surface area (Å²) in [5.74, 6) is -2.25. The highest BCUT2D eigenvalue weighted by molar-refractivity contribution is 5.92. The van der Waals surface area contributed by atoms with E-state index in [1.807, 2.05) is 19.1 Å². The quantitative estimate of drug-likeness (QED) is 0.325. The van der Waals surface area contributed by atoms with Crippen molar-refractivity contribution >= 4 is 17.9 Å². The van der Waals surface area contributed by atoms with Crippen LogP contribution in [0.2, 0.25) is 0 Å². The fourth-order valence-corrected chi connectivity index (χ4v) is 3.41. The van der Waals surface area contributed by atoms with Crippen LogP contribution in [0.1, 0.15) is 40.0 Å². The maximum Gasteiger partial charge on any atom is 0.337 e. The van der Waals surface area contributed by atoms with Crippen molar-refractivity contribution in [1.29, 1.82) is 0 Å². The van der Waals surface area contributed by atoms with E-state index in [0.717, 1.165) is 18.4 Å². The molecule has 29 heavy (non-hydrogen) atoms. The highest BCUT2D eigenvalue weighted by atomic mass is 16.6. The number of hydrogen-bond donors (Lipinski definition) is 1. The van der Waals surface area contributed by atoms with Crippen molar-refractivity contribution in [3.05, 3.63) is 47.1 Å². The lowest BCUT2D eigenvalue weighted by atomic mass is 9.85. The normalized spacial score (nSPS) is 29.0. The van der Waals surface area contributed by atoms with Crippen LogP contribution in [0.15, 0.2) is 47.1 Å². The summed E-state index contributed by atoms with van der Waals surface area (Å²) in [6, 6.07) is 0. The Hall–Kier alpha value is -2.67. The van der Waals surface area contributed by atoms with E-state index in [0.29, 0.717) is 5.57 Å². The number of rotatable bonds is 5. The van der Waals surface area contributed by atoms with Gasteiger partial charge in [0, 0.05) is 18.9 Å². The molecule has 7 heteroatoms. The lowest BCUT2D eigenvalue weighted by Gasteiger charge is -2.28. The van der Waals surface area contributed by atoms with Gasteiger partial charge < -0.3 is 19.3 Å². The van der Waals surface area contributed by atoms with Gasteiger partial charge in [0.1, 0.15) is 18.8 Å². The van der Waals surface area contributed by atoms with Crippen LogP contribution in [-0.4, -0.2) is 48.4 Å². The van der Waals surface area contributed by atoms with Crippen molar-refractivity contribution in [2.24, 2.45) is 5.92 Å². The van der Waals surface area contributed by atoms with Crippen LogP contribution >= 0.6 is 0 Å². The molecule has 1 fully saturated rings. The van der Waals surface area contributed by atoms with Gasteiger partial charge in [-0.25, -0.2) is 9.59 Å². The lowest BCUT2D eigenvalue weighted by Crippen LogP contribution is -2.34. The maximum absolute atomic E-state index is 12.7. The molecule has 0 bridgehead atoms. The van der Waals surface area contributed by atoms with Crippen LogP contribution in [-0.2, 0) is 28.6 Å². The van der Waals surface area contributed by atoms with Gasteiger partial charge in [-0.15, -0.1) is 0 Å². The van der Waals surface area contributed by atoms with E-state index in [4.69, 9.17) is 14.2 Å². The molecular weight excluding hydrogens is 376 g/mol. The molecule has 0 aromatic rings. The van der Waals surface area contributed by atoms with Crippen LogP contribution < -0.4 is 0 Å². The summed E-state index contributed by atoms with van der Waals surface area (Å²) >= 11 is 0. The Bertz CT molecular complexity index is 772. The molecule has 1 heterocycles. The van der Waals surface area contributed by atoms with Crippen molar-refractivity contribution in [2.75, 3.05) is 13.2 Å². The van der Waals surface area contributed by atoms with Gasteiger partial charge >= 0.3 is 17.9 Å². The average Bonchev–Trinajstić information content (AvgIpc) is 2.93. The molecule has 1 N–H and O–H groups in total. The highest BCUT2D eigenvalue weighted by Gasteiger charge is 2.44. The first-order valence-electron chi connectivity index (χ1n) is 9.62. The van der Waals surface area contributed by atoms with Gasteiger partial charge in [-0.05, 0) is 38.3 Å². The number of allylic oxidation sites excluding steroid dienone is 3. The zero-order chi connectivity index (χ0) is 21.6. The van der Waals surface area contributed by atoms with Gasteiger partial charge in [0.2, 0.25) is 0 Å². The third kappa shape index (κ3) is 5.90. The Morgan fingerprint density at radius 3 is 2.76 bits per heavy atom. The second kappa shape index (κ2) is 10.2. The van der Waals surface area contributed by atoms with Crippen LogP contribution in [0.3, 0.4) is 0 Å². The summed E-state index contributed by atoms with van der Waals surface area (Å²) in [7, 11) is 0. The van der Waals surface area contributed by atoms with Gasteiger partial charge in [-0.2, -0.15) is 0 Å². The van der Waals surface area contributed by atoms with Crippen LogP contribution in [0.4, 0.5) is 0 Å². The van der Waals surface area contributed by atoms with Crippen LogP contribution in [0, 0.1) is 5.92 Å². The largest absolute Gasteiger partial charge is 0.461 e. The van der Waals surface area contributed by atoms with Crippen molar-refractivity contribution in [1.82, 2.24) is 0 Å². The summed E-state index contributed by atoms with van der Waals surface area (Å²) < 4.78 is 16.1. The molecule has 0 amide bonds. The zero-order valence-corrected chi connectivity index (χ0v) is 17.1. The average molecular weight is 404 g/mol. The topological polar surface area (TPSA) is 99.1 Å². The summed E-state index contributed by atoms with van der Waals surface area (Å²) in [6.07, 6.45) is 5.69. The summed E-state index contributed by atoms with van der Waals surface area (Å²) in [4.78, 5) is 35.9. The molecular formula is C22H28O7. The molecule has 0 aromatic heterocycles. The first-order valence-corrected chi connectivity index (χ1v) is 9.62. The fourth-order valence-electron chi connectivity index (χ4n) is 3.41. The number of hydrogen-bond acceptors (Lipinski definition) is 7. The van der Waals surface area contributed by atoms with E-state index in [9.17, 15) is 19.5 Å². The van der Waals surface area contributed by atoms with E-state index < -0.39 is 36.0 Å². The van der Waals surface area contributed by atoms with Crippen molar-refractivity contribution in [3.8, 4) is 0 Å². The molecule has 0 radical (unpaired) electrons. The van der Waals surface area contributed by atoms with E-state index in [-0.39, 0.29) is 30.8 Å². The summed E-state index contributed by atoms with van der Waals surface area (Å²) in [6.45, 7) is 8.29. The maximum atomic E-state index is 12.7. The highest BCUT2D eigenvalue weighted by Crippen LogP contribution is 2.36. The van der Waals surface area contributed by atoms with Crippen LogP contribution in [0.5, 0.6) is 0 Å². The van der Waals surface area contributed by atoms with Gasteiger partial charge in [0.05, 0.1) is 18.1 Å². The molecule has 0 saturated carbocycles. The molecule has 3 atom stereocenters. The summed E-state index contributed by atoms with van der Waals surface area (Å²) in [5, 5.41) is 9.73. The van der Waals surface area contributed by atoms with Crippen molar-refractivity contribution < 1.29 is 33.7 Å². The van der Waals surface area contributed by atoms with Gasteiger partial charge in [0.25, 0.3) is 0 Å². The third-order valence-electron chi connectivity index (χ3n) is 5.05. The number of esters is 3. The minimum atomic E-state index is -0.765. The SMILES string of the molecule is C=C1C(=O)O[C@@H]2/C=C(/C)CC/C=C(/CO)C[C@@H](OC(=O)/C(=C/C)COC(C)=O)[C@@H]12. The third-order valence-corrected chi connectivity index (χ3v) is 5.05. The van der Waals surface area contributed by atoms with Crippen LogP contribution in [0.25, 0.3) is 0 Å². The first-order chi connectivity index (χ1) is 13.8. The van der Waals surface area contributed by atoms with Gasteiger partial charge in [-0.1, -0.05) is 24.3 Å². The number of carbonyl (C=O) groups excluding carboxylic acids is 3. The van der Waals surface area contributed by atoms with Gasteiger partial charge in [0.15, 0.2) is 0 Å². The number of aliphatic hydroxyl groups excluding tert-OH is 1. The Kier molecular flexibility index (Phi) is 7.96. The van der Waals surface area contributed by atoms with E-state index >= 15 is 0 Å². The number of aliphatic hydroxyl groups is 1. The molecule has 2 rings (SSSR count). The molecule has 158 valence electrons. The molecule has 0 aromatic carbocycles. The van der Waals surface area contributed by atoms with Crippen molar-refractivity contribution in [3.63, 3.8) is 0 Å². The van der Waals surface area contributed by atoms with Gasteiger partial charge in [-0.3, -0.25) is 4.79 Å². The predicted octanol–water partition coefficient (Wildman–Crippen LogP) is 2.55. The second-order valence-corrected chi connectivity index (χ2v) is 7.24. The molecule has 0 spiro atoms. The van der Waals surface area contributed by atoms with Crippen molar-refractivity contribution in [2.45, 2.75) is 52.2 Å². The second-order valence-electron chi connectivity index (χ2n) is 7.24. The molecule has 2 aliphatic rings. The molecule has 0 unspecified atom stereocenters. The van der Waals surface area contributed by atoms with E-state index in [1.54, 1.807) is 6.92 Å². The number of carbonyl (C=O) groups is 3.